The Labute approximate surface area is 115 Å². The highest BCUT2D eigenvalue weighted by atomic mass is 16.3. The highest BCUT2D eigenvalue weighted by Gasteiger charge is 2.32. The van der Waals surface area contributed by atoms with E-state index in [-0.39, 0.29) is 35.0 Å². The number of fused-ring (bicyclic) bond motifs is 2. The summed E-state index contributed by atoms with van der Waals surface area (Å²) in [6.07, 6.45) is 0.226. The maximum absolute atomic E-state index is 12.5. The van der Waals surface area contributed by atoms with Crippen LogP contribution in [0.4, 0.5) is 0 Å². The number of rotatable bonds is 0. The fourth-order valence-corrected chi connectivity index (χ4v) is 2.73. The molecule has 4 heteroatoms. The van der Waals surface area contributed by atoms with Gasteiger partial charge in [-0.25, -0.2) is 0 Å². The predicted octanol–water partition coefficient (Wildman–Crippen LogP) is 2.56. The van der Waals surface area contributed by atoms with Crippen molar-refractivity contribution in [1.29, 1.82) is 0 Å². The van der Waals surface area contributed by atoms with Gasteiger partial charge in [0.2, 0.25) is 0 Å². The van der Waals surface area contributed by atoms with E-state index in [2.05, 4.69) is 0 Å². The van der Waals surface area contributed by atoms with Gasteiger partial charge in [0.1, 0.15) is 17.2 Å². The minimum absolute atomic E-state index is 0.0116. The molecule has 3 N–H and O–H groups in total. The van der Waals surface area contributed by atoms with E-state index in [1.807, 2.05) is 0 Å². The first kappa shape index (κ1) is 12.5. The van der Waals surface area contributed by atoms with Crippen LogP contribution >= 0.6 is 0 Å². The predicted molar refractivity (Wildman–Crippen MR) is 73.6 cm³/mol. The molecule has 0 aliphatic heterocycles. The molecule has 2 aromatic rings. The molecule has 0 saturated carbocycles. The van der Waals surface area contributed by atoms with Crippen LogP contribution in [0, 0.1) is 13.8 Å². The second kappa shape index (κ2) is 4.00. The van der Waals surface area contributed by atoms with Gasteiger partial charge in [-0.1, -0.05) is 12.1 Å². The maximum atomic E-state index is 12.5. The van der Waals surface area contributed by atoms with Crippen LogP contribution in [0.1, 0.15) is 38.2 Å². The summed E-state index contributed by atoms with van der Waals surface area (Å²) in [6.45, 7) is 3.35. The summed E-state index contributed by atoms with van der Waals surface area (Å²) in [5.74, 6) is -0.418. The van der Waals surface area contributed by atoms with E-state index in [1.54, 1.807) is 26.0 Å². The van der Waals surface area contributed by atoms with Crippen molar-refractivity contribution in [2.75, 3.05) is 0 Å². The maximum Gasteiger partial charge on any atom is 0.197 e. The third-order valence-corrected chi connectivity index (χ3v) is 4.07. The van der Waals surface area contributed by atoms with Gasteiger partial charge in [0, 0.05) is 23.1 Å². The van der Waals surface area contributed by atoms with Crippen molar-refractivity contribution in [2.24, 2.45) is 0 Å². The number of benzene rings is 2. The van der Waals surface area contributed by atoms with Gasteiger partial charge in [-0.15, -0.1) is 0 Å². The lowest BCUT2D eigenvalue weighted by Crippen LogP contribution is -2.16. The van der Waals surface area contributed by atoms with E-state index < -0.39 is 0 Å². The second-order valence-electron chi connectivity index (χ2n) is 5.11. The average molecular weight is 270 g/mol. The van der Waals surface area contributed by atoms with E-state index in [0.717, 1.165) is 0 Å². The van der Waals surface area contributed by atoms with Crippen molar-refractivity contribution < 1.29 is 20.1 Å². The van der Waals surface area contributed by atoms with Crippen molar-refractivity contribution >= 4 is 5.78 Å². The average Bonchev–Trinajstić information content (AvgIpc) is 2.43. The molecule has 0 spiro atoms. The number of ketones is 1. The Balaban J connectivity index is 2.37. The van der Waals surface area contributed by atoms with Gasteiger partial charge >= 0.3 is 0 Å². The highest BCUT2D eigenvalue weighted by Crippen LogP contribution is 2.43. The van der Waals surface area contributed by atoms with E-state index in [4.69, 9.17) is 0 Å². The molecule has 0 heterocycles. The quantitative estimate of drug-likeness (QED) is 0.549. The van der Waals surface area contributed by atoms with Crippen LogP contribution in [-0.2, 0) is 6.42 Å². The third-order valence-electron chi connectivity index (χ3n) is 4.07. The number of hydrogen-bond acceptors (Lipinski definition) is 4. The van der Waals surface area contributed by atoms with Gasteiger partial charge in [-0.3, -0.25) is 4.79 Å². The summed E-state index contributed by atoms with van der Waals surface area (Å²) in [7, 11) is 0. The molecular formula is C16H14O4. The zero-order valence-electron chi connectivity index (χ0n) is 11.2. The minimum Gasteiger partial charge on any atom is -0.508 e. The Morgan fingerprint density at radius 1 is 0.950 bits per heavy atom. The van der Waals surface area contributed by atoms with Crippen molar-refractivity contribution in [1.82, 2.24) is 0 Å². The zero-order valence-corrected chi connectivity index (χ0v) is 11.2. The Bertz CT molecular complexity index is 760. The Morgan fingerprint density at radius 3 is 2.30 bits per heavy atom. The molecule has 0 bridgehead atoms. The van der Waals surface area contributed by atoms with Gasteiger partial charge in [0.05, 0.1) is 5.56 Å². The molecule has 0 aromatic heterocycles. The van der Waals surface area contributed by atoms with Crippen LogP contribution in [0.3, 0.4) is 0 Å². The van der Waals surface area contributed by atoms with Crippen molar-refractivity contribution in [3.63, 3.8) is 0 Å². The monoisotopic (exact) mass is 270 g/mol. The van der Waals surface area contributed by atoms with E-state index in [9.17, 15) is 20.1 Å². The summed E-state index contributed by atoms with van der Waals surface area (Å²) >= 11 is 0. The molecule has 0 radical (unpaired) electrons. The van der Waals surface area contributed by atoms with Crippen LogP contribution in [0.2, 0.25) is 0 Å². The molecule has 0 fully saturated rings. The molecule has 0 amide bonds. The standard InChI is InChI=1S/C16H14O4/c1-7-8(2)15(19)13-11(14(7)18)6-10-9(16(13)20)4-3-5-12(10)17/h3-5,17-19H,6H2,1-2H3. The third kappa shape index (κ3) is 1.45. The largest absolute Gasteiger partial charge is 0.508 e. The van der Waals surface area contributed by atoms with Gasteiger partial charge < -0.3 is 15.3 Å². The Hall–Kier alpha value is -2.49. The summed E-state index contributed by atoms with van der Waals surface area (Å²) < 4.78 is 0. The molecule has 20 heavy (non-hydrogen) atoms. The number of phenols is 3. The molecule has 1 aliphatic carbocycles. The lowest BCUT2D eigenvalue weighted by atomic mass is 9.81. The smallest absolute Gasteiger partial charge is 0.197 e. The van der Waals surface area contributed by atoms with Crippen molar-refractivity contribution in [3.05, 3.63) is 51.6 Å². The van der Waals surface area contributed by atoms with Crippen molar-refractivity contribution in [3.8, 4) is 17.2 Å². The second-order valence-corrected chi connectivity index (χ2v) is 5.11. The number of carbonyl (C=O) groups is 1. The Morgan fingerprint density at radius 2 is 1.60 bits per heavy atom. The van der Waals surface area contributed by atoms with E-state index in [1.165, 1.54) is 6.07 Å². The molecule has 4 nitrogen and oxygen atoms in total. The number of hydrogen-bond donors (Lipinski definition) is 3. The van der Waals surface area contributed by atoms with Gasteiger partial charge in [-0.2, -0.15) is 0 Å². The normalized spacial score (nSPS) is 13.0. The summed E-state index contributed by atoms with van der Waals surface area (Å²) in [4.78, 5) is 12.5. The number of carbonyl (C=O) groups excluding carboxylic acids is 1. The number of aromatic hydroxyl groups is 3. The molecule has 2 aromatic carbocycles. The number of phenolic OH excluding ortho intramolecular Hbond substituents is 3. The molecule has 0 saturated heterocycles. The fraction of sp³-hybridized carbons (Fsp3) is 0.188. The van der Waals surface area contributed by atoms with E-state index in [0.29, 0.717) is 27.8 Å². The Kier molecular flexibility index (Phi) is 2.51. The molecule has 3 rings (SSSR count). The van der Waals surface area contributed by atoms with Crippen molar-refractivity contribution in [2.45, 2.75) is 20.3 Å². The molecule has 102 valence electrons. The lowest BCUT2D eigenvalue weighted by Gasteiger charge is -2.23. The highest BCUT2D eigenvalue weighted by molar-refractivity contribution is 6.15. The van der Waals surface area contributed by atoms with Gasteiger partial charge in [0.25, 0.3) is 0 Å². The topological polar surface area (TPSA) is 77.8 Å². The first-order valence-electron chi connectivity index (χ1n) is 6.33. The summed E-state index contributed by atoms with van der Waals surface area (Å²) in [5, 5.41) is 30.3. The SMILES string of the molecule is Cc1c(C)c(O)c2c(c1O)Cc1c(O)cccc1C2=O. The first-order chi connectivity index (χ1) is 9.43. The van der Waals surface area contributed by atoms with Crippen LogP contribution in [0.5, 0.6) is 17.2 Å². The zero-order chi connectivity index (χ0) is 14.6. The first-order valence-corrected chi connectivity index (χ1v) is 6.33. The van der Waals surface area contributed by atoms with Gasteiger partial charge in [0.15, 0.2) is 5.78 Å². The molecule has 0 atom stereocenters. The lowest BCUT2D eigenvalue weighted by molar-refractivity contribution is 0.103. The summed E-state index contributed by atoms with van der Waals surface area (Å²) in [5.41, 5.74) is 2.43. The van der Waals surface area contributed by atoms with Gasteiger partial charge in [-0.05, 0) is 31.0 Å². The fourth-order valence-electron chi connectivity index (χ4n) is 2.73. The van der Waals surface area contributed by atoms with Crippen LogP contribution < -0.4 is 0 Å². The molecular weight excluding hydrogens is 256 g/mol. The van der Waals surface area contributed by atoms with Crippen LogP contribution in [0.25, 0.3) is 0 Å². The summed E-state index contributed by atoms with van der Waals surface area (Å²) in [6, 6.07) is 4.72. The molecule has 0 unspecified atom stereocenters. The van der Waals surface area contributed by atoms with Crippen LogP contribution in [0.15, 0.2) is 18.2 Å². The minimum atomic E-state index is -0.368. The van der Waals surface area contributed by atoms with E-state index >= 15 is 0 Å². The molecule has 1 aliphatic rings. The van der Waals surface area contributed by atoms with Crippen LogP contribution in [-0.4, -0.2) is 21.1 Å².